The van der Waals surface area contributed by atoms with Gasteiger partial charge in [-0.1, -0.05) is 305 Å². The van der Waals surface area contributed by atoms with E-state index in [4.69, 9.17) is 0 Å². The second-order valence-corrected chi connectivity index (χ2v) is 28.0. The summed E-state index contributed by atoms with van der Waals surface area (Å²) < 4.78 is 0. The van der Waals surface area contributed by atoms with Crippen LogP contribution in [0, 0.1) is 0 Å². The highest BCUT2D eigenvalue weighted by Crippen LogP contribution is 2.19. The SMILES string of the molecule is CCCCC/C=C\C/C=C\CCCCCCCCC(CCCCCCCC/C=C\C/C=C\CCCCC)NCCN1CCN(CCN(CCNC(CCCCCCCC/C=C\C/C=C\CCCCC)CCCCCCCC/C=C\C/C=C\CCCCC)C(C)=O)CC1. The van der Waals surface area contributed by atoms with E-state index in [2.05, 4.69) is 150 Å². The van der Waals surface area contributed by atoms with Gasteiger partial charge < -0.3 is 15.5 Å². The molecule has 1 heterocycles. The van der Waals surface area contributed by atoms with Gasteiger partial charge in [0.1, 0.15) is 0 Å². The fourth-order valence-electron chi connectivity index (χ4n) is 13.0. The summed E-state index contributed by atoms with van der Waals surface area (Å²) in [6.07, 6.45) is 106. The van der Waals surface area contributed by atoms with Crippen molar-refractivity contribution in [1.29, 1.82) is 0 Å². The number of hydrogen-bond acceptors (Lipinski definition) is 5. The maximum absolute atomic E-state index is 13.1. The molecule has 1 saturated heterocycles. The minimum Gasteiger partial charge on any atom is -0.340 e. The normalized spacial score (nSPS) is 14.0. The molecule has 0 bridgehead atoms. The molecular formula is C86H159N5O. The molecule has 0 saturated carbocycles. The summed E-state index contributed by atoms with van der Waals surface area (Å²) in [6, 6.07) is 1.21. The second-order valence-electron chi connectivity index (χ2n) is 28.0. The van der Waals surface area contributed by atoms with Crippen molar-refractivity contribution in [3.05, 3.63) is 97.2 Å². The van der Waals surface area contributed by atoms with E-state index in [1.165, 1.54) is 308 Å². The van der Waals surface area contributed by atoms with Crippen molar-refractivity contribution in [3.8, 4) is 0 Å². The highest BCUT2D eigenvalue weighted by Gasteiger charge is 2.19. The van der Waals surface area contributed by atoms with Gasteiger partial charge in [-0.15, -0.1) is 0 Å². The summed E-state index contributed by atoms with van der Waals surface area (Å²) in [5, 5.41) is 8.10. The molecule has 1 aliphatic heterocycles. The van der Waals surface area contributed by atoms with E-state index in [-0.39, 0.29) is 5.91 Å². The summed E-state index contributed by atoms with van der Waals surface area (Å²) in [5.41, 5.74) is 0. The fraction of sp³-hybridized carbons (Fsp3) is 0.802. The molecule has 0 spiro atoms. The van der Waals surface area contributed by atoms with Gasteiger partial charge in [-0.05, 0) is 154 Å². The van der Waals surface area contributed by atoms with Gasteiger partial charge in [-0.2, -0.15) is 0 Å². The van der Waals surface area contributed by atoms with Crippen LogP contribution in [0.3, 0.4) is 0 Å². The van der Waals surface area contributed by atoms with Crippen molar-refractivity contribution in [2.45, 2.75) is 381 Å². The third kappa shape index (κ3) is 64.6. The Bertz CT molecular complexity index is 1640. The second kappa shape index (κ2) is 74.0. The molecule has 6 heteroatoms. The molecule has 0 unspecified atom stereocenters. The van der Waals surface area contributed by atoms with Gasteiger partial charge in [-0.3, -0.25) is 14.6 Å². The number of allylic oxidation sites excluding steroid dienone is 16. The Morgan fingerprint density at radius 2 is 0.543 bits per heavy atom. The first-order valence-electron chi connectivity index (χ1n) is 40.9. The van der Waals surface area contributed by atoms with Crippen LogP contribution in [0.2, 0.25) is 0 Å². The molecule has 1 rings (SSSR count). The molecule has 0 aromatic heterocycles. The van der Waals surface area contributed by atoms with Gasteiger partial charge in [0, 0.05) is 84.5 Å². The summed E-state index contributed by atoms with van der Waals surface area (Å²) in [6.45, 7) is 21.2. The van der Waals surface area contributed by atoms with Crippen LogP contribution in [-0.2, 0) is 4.79 Å². The van der Waals surface area contributed by atoms with Crippen LogP contribution in [0.25, 0.3) is 0 Å². The van der Waals surface area contributed by atoms with Gasteiger partial charge in [0.2, 0.25) is 5.91 Å². The Labute approximate surface area is 576 Å². The molecule has 0 aromatic carbocycles. The lowest BCUT2D eigenvalue weighted by Crippen LogP contribution is -2.50. The lowest BCUT2D eigenvalue weighted by molar-refractivity contribution is -0.129. The van der Waals surface area contributed by atoms with Crippen LogP contribution in [0.4, 0.5) is 0 Å². The molecule has 0 aliphatic carbocycles. The third-order valence-electron chi connectivity index (χ3n) is 19.3. The highest BCUT2D eigenvalue weighted by molar-refractivity contribution is 5.73. The van der Waals surface area contributed by atoms with Crippen LogP contribution in [0.1, 0.15) is 369 Å². The Morgan fingerprint density at radius 3 is 0.815 bits per heavy atom. The monoisotopic (exact) mass is 1280 g/mol. The quantitative estimate of drug-likeness (QED) is 0.0470. The van der Waals surface area contributed by atoms with Crippen LogP contribution in [0.5, 0.6) is 0 Å². The molecule has 534 valence electrons. The Kier molecular flexibility index (Phi) is 70.2. The predicted octanol–water partition coefficient (Wildman–Crippen LogP) is 25.2. The molecule has 0 atom stereocenters. The van der Waals surface area contributed by atoms with E-state index in [1.54, 1.807) is 6.92 Å². The number of hydrogen-bond donors (Lipinski definition) is 2. The average Bonchev–Trinajstić information content (AvgIpc) is 3.47. The number of rotatable bonds is 71. The minimum absolute atomic E-state index is 0.226. The van der Waals surface area contributed by atoms with Gasteiger partial charge in [0.05, 0.1) is 0 Å². The number of nitrogens with one attached hydrogen (secondary N) is 2. The van der Waals surface area contributed by atoms with E-state index in [9.17, 15) is 4.79 Å². The zero-order chi connectivity index (χ0) is 66.0. The standard InChI is InChI=1S/C86H159N5O/c1-6-10-14-18-22-26-30-34-38-42-46-50-54-58-62-66-70-85(71-67-63-59-55-51-47-43-39-35-31-27-23-19-15-11-7-2)87-74-76-89-78-80-90(81-79-89)82-83-91(84(5)92)77-75-88-86(72-68-64-60-56-52-48-44-40-36-32-28-24-20-16-12-8-3)73-69-65-61-57-53-49-45-41-37-33-29-25-21-17-13-9-4/h22-29,34-41,85-88H,6-21,30-33,42-83H2,1-5H3/b26-22-,27-23-,28-24-,29-25-,38-34-,39-35-,40-36-,41-37-. The van der Waals surface area contributed by atoms with Crippen LogP contribution in [-0.4, -0.2) is 98.1 Å². The summed E-state index contributed by atoms with van der Waals surface area (Å²) >= 11 is 0. The van der Waals surface area contributed by atoms with Crippen molar-refractivity contribution in [3.63, 3.8) is 0 Å². The number of piperazine rings is 1. The highest BCUT2D eigenvalue weighted by atomic mass is 16.2. The van der Waals surface area contributed by atoms with E-state index in [0.717, 1.165) is 91.1 Å². The van der Waals surface area contributed by atoms with Crippen molar-refractivity contribution in [2.75, 3.05) is 65.4 Å². The summed E-state index contributed by atoms with van der Waals surface area (Å²) in [7, 11) is 0. The molecule has 0 radical (unpaired) electrons. The van der Waals surface area contributed by atoms with Crippen molar-refractivity contribution in [1.82, 2.24) is 25.3 Å². The molecule has 6 nitrogen and oxygen atoms in total. The number of nitrogens with zero attached hydrogens (tertiary/aromatic N) is 3. The molecule has 92 heavy (non-hydrogen) atoms. The lowest BCUT2D eigenvalue weighted by Gasteiger charge is -2.36. The number of amides is 1. The van der Waals surface area contributed by atoms with Crippen molar-refractivity contribution >= 4 is 5.91 Å². The van der Waals surface area contributed by atoms with Crippen LogP contribution >= 0.6 is 0 Å². The molecule has 1 fully saturated rings. The molecule has 0 aromatic rings. The van der Waals surface area contributed by atoms with Gasteiger partial charge in [-0.25, -0.2) is 0 Å². The average molecular weight is 1280 g/mol. The lowest BCUT2D eigenvalue weighted by atomic mass is 9.99. The maximum Gasteiger partial charge on any atom is 0.219 e. The van der Waals surface area contributed by atoms with Gasteiger partial charge >= 0.3 is 0 Å². The Balaban J connectivity index is 2.56. The van der Waals surface area contributed by atoms with E-state index in [1.807, 2.05) is 0 Å². The predicted molar refractivity (Wildman–Crippen MR) is 415 cm³/mol. The summed E-state index contributed by atoms with van der Waals surface area (Å²) in [4.78, 5) is 20.5. The molecule has 2 N–H and O–H groups in total. The fourth-order valence-corrected chi connectivity index (χ4v) is 13.0. The van der Waals surface area contributed by atoms with E-state index >= 15 is 0 Å². The first kappa shape index (κ1) is 87.2. The molecular weight excluding hydrogens is 1120 g/mol. The number of unbranched alkanes of at least 4 members (excludes halogenated alkanes) is 36. The zero-order valence-corrected chi connectivity index (χ0v) is 62.5. The topological polar surface area (TPSA) is 50.9 Å². The number of carbonyl (C=O) groups excluding carboxylic acids is 1. The Morgan fingerprint density at radius 1 is 0.304 bits per heavy atom. The van der Waals surface area contributed by atoms with Crippen LogP contribution in [0.15, 0.2) is 97.2 Å². The minimum atomic E-state index is 0.226. The smallest absolute Gasteiger partial charge is 0.219 e. The van der Waals surface area contributed by atoms with Gasteiger partial charge in [0.15, 0.2) is 0 Å². The van der Waals surface area contributed by atoms with Crippen LogP contribution < -0.4 is 10.6 Å². The third-order valence-corrected chi connectivity index (χ3v) is 19.3. The number of carbonyl (C=O) groups is 1. The van der Waals surface area contributed by atoms with Crippen molar-refractivity contribution in [2.24, 2.45) is 0 Å². The summed E-state index contributed by atoms with van der Waals surface area (Å²) in [5.74, 6) is 0.226. The largest absolute Gasteiger partial charge is 0.340 e. The molecule has 1 aliphatic rings. The first-order valence-corrected chi connectivity index (χ1v) is 40.9. The molecule has 1 amide bonds. The first-order chi connectivity index (χ1) is 45.5. The Hall–Kier alpha value is -2.77. The van der Waals surface area contributed by atoms with Gasteiger partial charge in [0.25, 0.3) is 0 Å². The zero-order valence-electron chi connectivity index (χ0n) is 62.5. The maximum atomic E-state index is 13.1. The van der Waals surface area contributed by atoms with Crippen molar-refractivity contribution < 1.29 is 4.79 Å². The van der Waals surface area contributed by atoms with E-state index < -0.39 is 0 Å². The van der Waals surface area contributed by atoms with E-state index in [0.29, 0.717) is 12.1 Å².